The predicted molar refractivity (Wildman–Crippen MR) is 69.9 cm³/mol. The standard InChI is InChI=1S/C12H25NO2S/c1-12(10-14,11-15)4-2-3-5-13-6-8-16-9-7-13/h14-15H,2-11H2,1H3. The summed E-state index contributed by atoms with van der Waals surface area (Å²) in [6, 6.07) is 0. The number of unbranched alkanes of at least 4 members (excludes halogenated alkanes) is 1. The summed E-state index contributed by atoms with van der Waals surface area (Å²) in [5, 5.41) is 18.3. The van der Waals surface area contributed by atoms with Crippen LogP contribution in [0.25, 0.3) is 0 Å². The highest BCUT2D eigenvalue weighted by molar-refractivity contribution is 7.99. The Kier molecular flexibility index (Phi) is 6.73. The van der Waals surface area contributed by atoms with Crippen LogP contribution < -0.4 is 0 Å². The second-order valence-electron chi connectivity index (χ2n) is 5.04. The molecule has 0 radical (unpaired) electrons. The zero-order valence-electron chi connectivity index (χ0n) is 10.3. The summed E-state index contributed by atoms with van der Waals surface area (Å²) in [4.78, 5) is 2.52. The van der Waals surface area contributed by atoms with Crippen LogP contribution in [0, 0.1) is 5.41 Å². The van der Waals surface area contributed by atoms with Gasteiger partial charge in [-0.3, -0.25) is 0 Å². The van der Waals surface area contributed by atoms with E-state index >= 15 is 0 Å². The van der Waals surface area contributed by atoms with Gasteiger partial charge < -0.3 is 15.1 Å². The second-order valence-corrected chi connectivity index (χ2v) is 6.26. The van der Waals surface area contributed by atoms with E-state index in [1.807, 2.05) is 18.7 Å². The van der Waals surface area contributed by atoms with Crippen molar-refractivity contribution in [1.82, 2.24) is 4.90 Å². The first-order valence-electron chi connectivity index (χ1n) is 6.22. The predicted octanol–water partition coefficient (Wildman–Crippen LogP) is 1.20. The molecule has 3 nitrogen and oxygen atoms in total. The molecule has 0 aliphatic carbocycles. The number of hydrogen-bond acceptors (Lipinski definition) is 4. The van der Waals surface area contributed by atoms with Crippen LogP contribution in [0.15, 0.2) is 0 Å². The Morgan fingerprint density at radius 1 is 1.12 bits per heavy atom. The molecular weight excluding hydrogens is 222 g/mol. The molecule has 1 aliphatic rings. The van der Waals surface area contributed by atoms with Gasteiger partial charge in [-0.15, -0.1) is 0 Å². The maximum atomic E-state index is 9.16. The van der Waals surface area contributed by atoms with Crippen LogP contribution in [0.5, 0.6) is 0 Å². The minimum atomic E-state index is -0.280. The summed E-state index contributed by atoms with van der Waals surface area (Å²) in [5.74, 6) is 2.54. The van der Waals surface area contributed by atoms with Crippen molar-refractivity contribution in [3.05, 3.63) is 0 Å². The lowest BCUT2D eigenvalue weighted by Crippen LogP contribution is -2.33. The smallest absolute Gasteiger partial charge is 0.0506 e. The Balaban J connectivity index is 2.06. The van der Waals surface area contributed by atoms with Gasteiger partial charge in [0.05, 0.1) is 13.2 Å². The molecule has 0 aromatic rings. The number of thioether (sulfide) groups is 1. The Morgan fingerprint density at radius 2 is 1.75 bits per heavy atom. The van der Waals surface area contributed by atoms with Crippen molar-refractivity contribution in [2.24, 2.45) is 5.41 Å². The first-order chi connectivity index (χ1) is 7.70. The molecule has 0 aromatic carbocycles. The summed E-state index contributed by atoms with van der Waals surface area (Å²) in [6.07, 6.45) is 3.20. The van der Waals surface area contributed by atoms with Gasteiger partial charge in [-0.25, -0.2) is 0 Å². The summed E-state index contributed by atoms with van der Waals surface area (Å²) in [7, 11) is 0. The monoisotopic (exact) mass is 247 g/mol. The Bertz CT molecular complexity index is 180. The van der Waals surface area contributed by atoms with E-state index in [0.717, 1.165) is 12.8 Å². The Morgan fingerprint density at radius 3 is 2.31 bits per heavy atom. The normalized spacial score (nSPS) is 18.9. The topological polar surface area (TPSA) is 43.7 Å². The van der Waals surface area contributed by atoms with Crippen LogP contribution in [-0.2, 0) is 0 Å². The van der Waals surface area contributed by atoms with Crippen molar-refractivity contribution in [2.75, 3.05) is 44.4 Å². The third-order valence-corrected chi connectivity index (χ3v) is 4.31. The van der Waals surface area contributed by atoms with E-state index in [-0.39, 0.29) is 18.6 Å². The third kappa shape index (κ3) is 5.04. The minimum absolute atomic E-state index is 0.0872. The van der Waals surface area contributed by atoms with Gasteiger partial charge in [0.25, 0.3) is 0 Å². The molecule has 1 saturated heterocycles. The summed E-state index contributed by atoms with van der Waals surface area (Å²) in [6.45, 7) is 5.75. The van der Waals surface area contributed by atoms with E-state index in [0.29, 0.717) is 0 Å². The fourth-order valence-electron chi connectivity index (χ4n) is 1.92. The molecule has 0 bridgehead atoms. The van der Waals surface area contributed by atoms with E-state index in [2.05, 4.69) is 4.90 Å². The number of rotatable bonds is 7. The van der Waals surface area contributed by atoms with Gasteiger partial charge >= 0.3 is 0 Å². The summed E-state index contributed by atoms with van der Waals surface area (Å²) < 4.78 is 0. The maximum Gasteiger partial charge on any atom is 0.0506 e. The van der Waals surface area contributed by atoms with Crippen molar-refractivity contribution < 1.29 is 10.2 Å². The third-order valence-electron chi connectivity index (χ3n) is 3.37. The molecule has 2 N–H and O–H groups in total. The van der Waals surface area contributed by atoms with Crippen LogP contribution in [0.2, 0.25) is 0 Å². The molecule has 96 valence electrons. The SMILES string of the molecule is CC(CO)(CO)CCCCN1CCSCC1. The molecule has 0 atom stereocenters. The van der Waals surface area contributed by atoms with E-state index in [9.17, 15) is 0 Å². The average Bonchev–Trinajstić information content (AvgIpc) is 2.36. The molecule has 1 heterocycles. The first-order valence-corrected chi connectivity index (χ1v) is 7.37. The van der Waals surface area contributed by atoms with Gasteiger partial charge in [-0.05, 0) is 19.4 Å². The van der Waals surface area contributed by atoms with Gasteiger partial charge in [0.1, 0.15) is 0 Å². The largest absolute Gasteiger partial charge is 0.396 e. The lowest BCUT2D eigenvalue weighted by Gasteiger charge is -2.27. The molecule has 0 spiro atoms. The lowest BCUT2D eigenvalue weighted by molar-refractivity contribution is 0.0600. The van der Waals surface area contributed by atoms with Crippen LogP contribution in [0.4, 0.5) is 0 Å². The number of nitrogens with zero attached hydrogens (tertiary/aromatic N) is 1. The first kappa shape index (κ1) is 14.3. The quantitative estimate of drug-likeness (QED) is 0.664. The van der Waals surface area contributed by atoms with Crippen LogP contribution in [0.3, 0.4) is 0 Å². The highest BCUT2D eigenvalue weighted by Crippen LogP contribution is 2.22. The molecule has 0 aromatic heterocycles. The van der Waals surface area contributed by atoms with Crippen molar-refractivity contribution in [3.8, 4) is 0 Å². The van der Waals surface area contributed by atoms with Crippen molar-refractivity contribution >= 4 is 11.8 Å². The van der Waals surface area contributed by atoms with Crippen molar-refractivity contribution in [1.29, 1.82) is 0 Å². The molecule has 16 heavy (non-hydrogen) atoms. The number of hydrogen-bond donors (Lipinski definition) is 2. The molecule has 1 aliphatic heterocycles. The van der Waals surface area contributed by atoms with Gasteiger partial charge in [-0.1, -0.05) is 13.3 Å². The number of aliphatic hydroxyl groups is 2. The molecule has 0 saturated carbocycles. The van der Waals surface area contributed by atoms with Crippen LogP contribution in [0.1, 0.15) is 26.2 Å². The van der Waals surface area contributed by atoms with E-state index < -0.39 is 0 Å². The fourth-order valence-corrected chi connectivity index (χ4v) is 2.90. The molecule has 0 amide bonds. The highest BCUT2D eigenvalue weighted by atomic mass is 32.2. The van der Waals surface area contributed by atoms with Crippen LogP contribution in [-0.4, -0.2) is 59.5 Å². The molecule has 0 unspecified atom stereocenters. The Labute approximate surface area is 103 Å². The van der Waals surface area contributed by atoms with Gasteiger partial charge in [0, 0.05) is 30.0 Å². The van der Waals surface area contributed by atoms with Crippen molar-refractivity contribution in [3.63, 3.8) is 0 Å². The van der Waals surface area contributed by atoms with E-state index in [1.165, 1.54) is 37.6 Å². The fraction of sp³-hybridized carbons (Fsp3) is 1.00. The molecule has 4 heteroatoms. The number of aliphatic hydroxyl groups excluding tert-OH is 2. The van der Waals surface area contributed by atoms with Crippen LogP contribution >= 0.6 is 11.8 Å². The van der Waals surface area contributed by atoms with Crippen molar-refractivity contribution in [2.45, 2.75) is 26.2 Å². The molecule has 1 fully saturated rings. The van der Waals surface area contributed by atoms with Gasteiger partial charge in [0.2, 0.25) is 0 Å². The average molecular weight is 247 g/mol. The summed E-state index contributed by atoms with van der Waals surface area (Å²) in [5.41, 5.74) is -0.280. The van der Waals surface area contributed by atoms with Gasteiger partial charge in [0.15, 0.2) is 0 Å². The summed E-state index contributed by atoms with van der Waals surface area (Å²) >= 11 is 2.04. The second kappa shape index (κ2) is 7.54. The zero-order valence-corrected chi connectivity index (χ0v) is 11.1. The maximum absolute atomic E-state index is 9.16. The van der Waals surface area contributed by atoms with E-state index in [1.54, 1.807) is 0 Å². The van der Waals surface area contributed by atoms with E-state index in [4.69, 9.17) is 10.2 Å². The molecule has 1 rings (SSSR count). The zero-order chi connectivity index (χ0) is 11.9. The molecular formula is C12H25NO2S. The van der Waals surface area contributed by atoms with Gasteiger partial charge in [-0.2, -0.15) is 11.8 Å². The Hall–Kier alpha value is 0.230. The minimum Gasteiger partial charge on any atom is -0.396 e. The highest BCUT2D eigenvalue weighted by Gasteiger charge is 2.21. The lowest BCUT2D eigenvalue weighted by atomic mass is 9.87.